The second-order valence-electron chi connectivity index (χ2n) is 6.86. The number of nitrogens with zero attached hydrogens (tertiary/aromatic N) is 2. The number of para-hydroxylation sites is 1. The molecular formula is C22H22N4O3. The van der Waals surface area contributed by atoms with Crippen LogP contribution in [0.4, 0.5) is 0 Å². The molecule has 0 aliphatic carbocycles. The first-order valence-electron chi connectivity index (χ1n) is 9.56. The zero-order chi connectivity index (χ0) is 20.1. The highest BCUT2D eigenvalue weighted by atomic mass is 16.5. The van der Waals surface area contributed by atoms with Crippen molar-refractivity contribution in [3.8, 4) is 0 Å². The SMILES string of the molecule is O=C1CN(CCNC(=O)c2ccc(C=Cc3n[nH]c4ccccc34)cc2)CCO1. The Labute approximate surface area is 168 Å². The Morgan fingerprint density at radius 2 is 2.00 bits per heavy atom. The van der Waals surface area contributed by atoms with E-state index in [2.05, 4.69) is 15.5 Å². The van der Waals surface area contributed by atoms with E-state index in [4.69, 9.17) is 4.74 Å². The van der Waals surface area contributed by atoms with Crippen molar-refractivity contribution in [1.29, 1.82) is 0 Å². The summed E-state index contributed by atoms with van der Waals surface area (Å²) in [5.41, 5.74) is 3.47. The Hall–Kier alpha value is -3.45. The molecule has 1 aliphatic rings. The molecule has 148 valence electrons. The molecule has 4 rings (SSSR count). The number of ether oxygens (including phenoxy) is 1. The number of cyclic esters (lactones) is 1. The van der Waals surface area contributed by atoms with Crippen LogP contribution >= 0.6 is 0 Å². The average molecular weight is 390 g/mol. The van der Waals surface area contributed by atoms with Crippen LogP contribution in [0.25, 0.3) is 23.1 Å². The molecule has 7 nitrogen and oxygen atoms in total. The van der Waals surface area contributed by atoms with Gasteiger partial charge in [0.25, 0.3) is 5.91 Å². The van der Waals surface area contributed by atoms with Gasteiger partial charge in [-0.3, -0.25) is 19.6 Å². The van der Waals surface area contributed by atoms with Crippen molar-refractivity contribution in [2.75, 3.05) is 32.8 Å². The van der Waals surface area contributed by atoms with Gasteiger partial charge in [0, 0.05) is 30.6 Å². The Morgan fingerprint density at radius 3 is 2.83 bits per heavy atom. The van der Waals surface area contributed by atoms with E-state index in [1.807, 2.05) is 53.5 Å². The topological polar surface area (TPSA) is 87.3 Å². The number of rotatable bonds is 6. The summed E-state index contributed by atoms with van der Waals surface area (Å²) in [6.45, 7) is 2.51. The van der Waals surface area contributed by atoms with Crippen LogP contribution in [-0.4, -0.2) is 59.8 Å². The van der Waals surface area contributed by atoms with Gasteiger partial charge in [0.05, 0.1) is 17.8 Å². The zero-order valence-electron chi connectivity index (χ0n) is 15.9. The summed E-state index contributed by atoms with van der Waals surface area (Å²) in [5.74, 6) is -0.340. The van der Waals surface area contributed by atoms with Crippen LogP contribution in [0.1, 0.15) is 21.6 Å². The molecular weight excluding hydrogens is 368 g/mol. The van der Waals surface area contributed by atoms with Gasteiger partial charge in [-0.25, -0.2) is 0 Å². The fourth-order valence-corrected chi connectivity index (χ4v) is 3.25. The second-order valence-corrected chi connectivity index (χ2v) is 6.86. The number of amides is 1. The maximum absolute atomic E-state index is 12.3. The Balaban J connectivity index is 1.31. The summed E-state index contributed by atoms with van der Waals surface area (Å²) in [5, 5.41) is 11.3. The molecule has 1 amide bonds. The summed E-state index contributed by atoms with van der Waals surface area (Å²) in [6, 6.07) is 15.4. The largest absolute Gasteiger partial charge is 0.463 e. The van der Waals surface area contributed by atoms with E-state index in [-0.39, 0.29) is 18.4 Å². The predicted octanol–water partition coefficient (Wildman–Crippen LogP) is 2.32. The summed E-state index contributed by atoms with van der Waals surface area (Å²) >= 11 is 0. The van der Waals surface area contributed by atoms with Crippen molar-refractivity contribution >= 4 is 34.9 Å². The molecule has 2 aromatic carbocycles. The quantitative estimate of drug-likeness (QED) is 0.631. The van der Waals surface area contributed by atoms with Crippen LogP contribution in [0.15, 0.2) is 48.5 Å². The van der Waals surface area contributed by atoms with Gasteiger partial charge in [-0.2, -0.15) is 5.10 Å². The van der Waals surface area contributed by atoms with Gasteiger partial charge in [-0.05, 0) is 29.8 Å². The summed E-state index contributed by atoms with van der Waals surface area (Å²) in [6.07, 6.45) is 3.93. The van der Waals surface area contributed by atoms with E-state index in [9.17, 15) is 9.59 Å². The van der Waals surface area contributed by atoms with Gasteiger partial charge >= 0.3 is 5.97 Å². The highest BCUT2D eigenvalue weighted by Crippen LogP contribution is 2.17. The van der Waals surface area contributed by atoms with Crippen molar-refractivity contribution in [1.82, 2.24) is 20.4 Å². The van der Waals surface area contributed by atoms with Crippen LogP contribution in [0, 0.1) is 0 Å². The number of H-pyrrole nitrogens is 1. The molecule has 1 aromatic heterocycles. The minimum atomic E-state index is -0.214. The molecule has 0 radical (unpaired) electrons. The van der Waals surface area contributed by atoms with Crippen molar-refractivity contribution in [2.24, 2.45) is 0 Å². The molecule has 0 spiro atoms. The smallest absolute Gasteiger partial charge is 0.320 e. The third-order valence-electron chi connectivity index (χ3n) is 4.84. The number of benzene rings is 2. The standard InChI is InChI=1S/C22H22N4O3/c27-21-15-26(13-14-29-21)12-11-23-22(28)17-8-5-16(6-9-17)7-10-20-18-3-1-2-4-19(18)24-25-20/h1-10H,11-15H2,(H,23,28)(H,24,25). The van der Waals surface area contributed by atoms with Crippen molar-refractivity contribution < 1.29 is 14.3 Å². The van der Waals surface area contributed by atoms with E-state index < -0.39 is 0 Å². The normalized spacial score (nSPS) is 15.0. The average Bonchev–Trinajstić information content (AvgIpc) is 3.16. The number of carbonyl (C=O) groups is 2. The Bertz CT molecular complexity index is 1040. The molecule has 1 saturated heterocycles. The minimum Gasteiger partial charge on any atom is -0.463 e. The van der Waals surface area contributed by atoms with Crippen LogP contribution in [0.2, 0.25) is 0 Å². The molecule has 2 heterocycles. The molecule has 0 bridgehead atoms. The molecule has 0 unspecified atom stereocenters. The molecule has 0 atom stereocenters. The lowest BCUT2D eigenvalue weighted by Crippen LogP contribution is -2.43. The summed E-state index contributed by atoms with van der Waals surface area (Å²) in [7, 11) is 0. The third kappa shape index (κ3) is 4.70. The van der Waals surface area contributed by atoms with E-state index in [0.717, 1.165) is 22.2 Å². The zero-order valence-corrected chi connectivity index (χ0v) is 15.9. The van der Waals surface area contributed by atoms with Gasteiger partial charge in [-0.1, -0.05) is 36.4 Å². The fraction of sp³-hybridized carbons (Fsp3) is 0.227. The predicted molar refractivity (Wildman–Crippen MR) is 111 cm³/mol. The number of hydrogen-bond acceptors (Lipinski definition) is 5. The van der Waals surface area contributed by atoms with Crippen LogP contribution in [0.5, 0.6) is 0 Å². The lowest BCUT2D eigenvalue weighted by atomic mass is 10.1. The van der Waals surface area contributed by atoms with Gasteiger partial charge in [0.1, 0.15) is 6.61 Å². The fourth-order valence-electron chi connectivity index (χ4n) is 3.25. The minimum absolute atomic E-state index is 0.126. The third-order valence-corrected chi connectivity index (χ3v) is 4.84. The van der Waals surface area contributed by atoms with Gasteiger partial charge in [-0.15, -0.1) is 0 Å². The lowest BCUT2D eigenvalue weighted by Gasteiger charge is -2.25. The first-order valence-corrected chi connectivity index (χ1v) is 9.56. The molecule has 1 fully saturated rings. The molecule has 1 aliphatic heterocycles. The number of carbonyl (C=O) groups excluding carboxylic acids is 2. The van der Waals surface area contributed by atoms with E-state index in [0.29, 0.717) is 31.8 Å². The first kappa shape index (κ1) is 18.9. The maximum Gasteiger partial charge on any atom is 0.320 e. The first-order chi connectivity index (χ1) is 14.2. The van der Waals surface area contributed by atoms with Crippen LogP contribution < -0.4 is 5.32 Å². The molecule has 7 heteroatoms. The number of esters is 1. The summed E-state index contributed by atoms with van der Waals surface area (Å²) < 4.78 is 4.90. The number of aromatic amines is 1. The van der Waals surface area contributed by atoms with Crippen molar-refractivity contribution in [3.63, 3.8) is 0 Å². The van der Waals surface area contributed by atoms with Crippen molar-refractivity contribution in [3.05, 3.63) is 65.4 Å². The molecule has 0 saturated carbocycles. The molecule has 29 heavy (non-hydrogen) atoms. The second kappa shape index (κ2) is 8.70. The van der Waals surface area contributed by atoms with Gasteiger partial charge in [0.2, 0.25) is 0 Å². The van der Waals surface area contributed by atoms with Gasteiger partial charge < -0.3 is 10.1 Å². The highest BCUT2D eigenvalue weighted by molar-refractivity contribution is 5.94. The number of morpholine rings is 1. The van der Waals surface area contributed by atoms with E-state index in [1.54, 1.807) is 12.1 Å². The Morgan fingerprint density at radius 1 is 1.17 bits per heavy atom. The molecule has 2 N–H and O–H groups in total. The van der Waals surface area contributed by atoms with Crippen LogP contribution in [0.3, 0.4) is 0 Å². The monoisotopic (exact) mass is 390 g/mol. The number of hydrogen-bond donors (Lipinski definition) is 2. The maximum atomic E-state index is 12.3. The highest BCUT2D eigenvalue weighted by Gasteiger charge is 2.17. The van der Waals surface area contributed by atoms with Crippen LogP contribution in [-0.2, 0) is 9.53 Å². The number of nitrogens with one attached hydrogen (secondary N) is 2. The van der Waals surface area contributed by atoms with Crippen molar-refractivity contribution in [2.45, 2.75) is 0 Å². The van der Waals surface area contributed by atoms with Gasteiger partial charge in [0.15, 0.2) is 0 Å². The molecule has 3 aromatic rings. The number of fused-ring (bicyclic) bond motifs is 1. The lowest BCUT2D eigenvalue weighted by molar-refractivity contribution is -0.150. The summed E-state index contributed by atoms with van der Waals surface area (Å²) in [4.78, 5) is 25.5. The van der Waals surface area contributed by atoms with E-state index in [1.165, 1.54) is 0 Å². The number of aromatic nitrogens is 2. The Kier molecular flexibility index (Phi) is 5.67. The van der Waals surface area contributed by atoms with E-state index >= 15 is 0 Å².